The molecule has 58 heavy (non-hydrogen) atoms. The molecule has 0 saturated carbocycles. The van der Waals surface area contributed by atoms with E-state index in [1.807, 2.05) is 0 Å². The summed E-state index contributed by atoms with van der Waals surface area (Å²) >= 11 is 0. The fourth-order valence-electron chi connectivity index (χ4n) is 9.73. The van der Waals surface area contributed by atoms with Gasteiger partial charge in [-0.05, 0) is 130 Å². The van der Waals surface area contributed by atoms with Gasteiger partial charge in [-0.25, -0.2) is 0 Å². The van der Waals surface area contributed by atoms with Crippen molar-refractivity contribution < 1.29 is 0 Å². The molecule has 1 aliphatic carbocycles. The molecule has 0 spiro atoms. The van der Waals surface area contributed by atoms with Crippen molar-refractivity contribution in [2.75, 3.05) is 4.90 Å². The Morgan fingerprint density at radius 2 is 0.793 bits per heavy atom. The van der Waals surface area contributed by atoms with Gasteiger partial charge in [-0.15, -0.1) is 0 Å². The summed E-state index contributed by atoms with van der Waals surface area (Å²) in [5.74, 6) is 0. The van der Waals surface area contributed by atoms with Crippen molar-refractivity contribution >= 4 is 49.4 Å². The van der Waals surface area contributed by atoms with E-state index in [1.165, 1.54) is 88.0 Å². The molecule has 10 aromatic carbocycles. The van der Waals surface area contributed by atoms with Crippen LogP contribution in [0.3, 0.4) is 0 Å². The van der Waals surface area contributed by atoms with Gasteiger partial charge in [-0.1, -0.05) is 184 Å². The molecule has 1 nitrogen and oxygen atoms in total. The fourth-order valence-corrected chi connectivity index (χ4v) is 9.73. The Kier molecular flexibility index (Phi) is 7.91. The number of anilines is 3. The Hall–Kier alpha value is -7.22. The van der Waals surface area contributed by atoms with E-state index in [-0.39, 0.29) is 5.41 Å². The second kappa shape index (κ2) is 13.5. The first-order chi connectivity index (χ1) is 28.6. The maximum absolute atomic E-state index is 2.45. The van der Waals surface area contributed by atoms with Crippen molar-refractivity contribution in [2.45, 2.75) is 19.3 Å². The van der Waals surface area contributed by atoms with Gasteiger partial charge in [-0.2, -0.15) is 0 Å². The minimum atomic E-state index is -0.0927. The lowest BCUT2D eigenvalue weighted by molar-refractivity contribution is 0.660. The summed E-state index contributed by atoms with van der Waals surface area (Å²) in [6, 6.07) is 78.1. The van der Waals surface area contributed by atoms with Crippen LogP contribution < -0.4 is 4.90 Å². The first-order valence-corrected chi connectivity index (χ1v) is 20.3. The van der Waals surface area contributed by atoms with Gasteiger partial charge >= 0.3 is 0 Å². The first-order valence-electron chi connectivity index (χ1n) is 20.3. The van der Waals surface area contributed by atoms with Crippen LogP contribution in [0.2, 0.25) is 0 Å². The molecule has 0 aromatic heterocycles. The number of fused-ring (bicyclic) bond motifs is 9. The second-order valence-corrected chi connectivity index (χ2v) is 16.0. The van der Waals surface area contributed by atoms with Gasteiger partial charge in [0, 0.05) is 22.5 Å². The molecule has 1 aliphatic rings. The zero-order valence-corrected chi connectivity index (χ0v) is 32.7. The third kappa shape index (κ3) is 5.31. The topological polar surface area (TPSA) is 3.24 Å². The molecule has 0 N–H and O–H groups in total. The Morgan fingerprint density at radius 3 is 1.47 bits per heavy atom. The van der Waals surface area contributed by atoms with E-state index in [4.69, 9.17) is 0 Å². The van der Waals surface area contributed by atoms with Crippen LogP contribution in [0.15, 0.2) is 212 Å². The molecule has 0 bridgehead atoms. The van der Waals surface area contributed by atoms with E-state index < -0.39 is 0 Å². The van der Waals surface area contributed by atoms with Crippen molar-refractivity contribution in [3.63, 3.8) is 0 Å². The number of rotatable bonds is 6. The number of para-hydroxylation sites is 1. The lowest BCUT2D eigenvalue weighted by atomic mass is 9.81. The summed E-state index contributed by atoms with van der Waals surface area (Å²) in [6.07, 6.45) is 0. The number of benzene rings is 10. The van der Waals surface area contributed by atoms with Crippen LogP contribution in [0.1, 0.15) is 25.0 Å². The summed E-state index contributed by atoms with van der Waals surface area (Å²) in [5.41, 5.74) is 16.0. The molecule has 0 saturated heterocycles. The van der Waals surface area contributed by atoms with Gasteiger partial charge in [0.1, 0.15) is 0 Å². The van der Waals surface area contributed by atoms with E-state index in [1.54, 1.807) is 0 Å². The second-order valence-electron chi connectivity index (χ2n) is 16.0. The first kappa shape index (κ1) is 34.1. The van der Waals surface area contributed by atoms with Gasteiger partial charge < -0.3 is 4.90 Å². The fraction of sp³-hybridized carbons (Fsp3) is 0.0526. The zero-order valence-electron chi connectivity index (χ0n) is 32.7. The third-order valence-electron chi connectivity index (χ3n) is 12.4. The summed E-state index contributed by atoms with van der Waals surface area (Å²) in [4.78, 5) is 2.40. The van der Waals surface area contributed by atoms with Crippen molar-refractivity contribution in [3.05, 3.63) is 223 Å². The highest BCUT2D eigenvalue weighted by Gasteiger charge is 2.35. The van der Waals surface area contributed by atoms with E-state index in [0.717, 1.165) is 17.1 Å². The Bertz CT molecular complexity index is 3160. The van der Waals surface area contributed by atoms with Crippen molar-refractivity contribution in [3.8, 4) is 44.5 Å². The van der Waals surface area contributed by atoms with E-state index in [2.05, 4.69) is 231 Å². The van der Waals surface area contributed by atoms with Gasteiger partial charge in [-0.3, -0.25) is 0 Å². The summed E-state index contributed by atoms with van der Waals surface area (Å²) < 4.78 is 0. The van der Waals surface area contributed by atoms with Gasteiger partial charge in [0.2, 0.25) is 0 Å². The highest BCUT2D eigenvalue weighted by atomic mass is 15.1. The number of hydrogen-bond donors (Lipinski definition) is 0. The quantitative estimate of drug-likeness (QED) is 0.154. The van der Waals surface area contributed by atoms with Crippen molar-refractivity contribution in [2.24, 2.45) is 0 Å². The van der Waals surface area contributed by atoms with Gasteiger partial charge in [0.05, 0.1) is 0 Å². The van der Waals surface area contributed by atoms with Gasteiger partial charge in [0.25, 0.3) is 0 Å². The Balaban J connectivity index is 1.15. The molecule has 0 atom stereocenters. The van der Waals surface area contributed by atoms with Crippen LogP contribution in [0.5, 0.6) is 0 Å². The van der Waals surface area contributed by atoms with Crippen molar-refractivity contribution in [1.29, 1.82) is 0 Å². The predicted molar refractivity (Wildman–Crippen MR) is 248 cm³/mol. The molecule has 0 amide bonds. The average Bonchev–Trinajstić information content (AvgIpc) is 3.52. The average molecular weight is 740 g/mol. The van der Waals surface area contributed by atoms with Crippen LogP contribution in [-0.4, -0.2) is 0 Å². The molecular formula is C57H41N. The molecule has 11 rings (SSSR count). The van der Waals surface area contributed by atoms with Crippen LogP contribution in [0.4, 0.5) is 17.1 Å². The van der Waals surface area contributed by atoms with Crippen LogP contribution in [-0.2, 0) is 5.41 Å². The summed E-state index contributed by atoms with van der Waals surface area (Å²) in [6.45, 7) is 4.71. The Labute approximate surface area is 340 Å². The molecule has 0 fully saturated rings. The normalized spacial score (nSPS) is 12.8. The predicted octanol–water partition coefficient (Wildman–Crippen LogP) is 15.9. The minimum Gasteiger partial charge on any atom is -0.310 e. The lowest BCUT2D eigenvalue weighted by Crippen LogP contribution is -2.16. The molecule has 274 valence electrons. The highest BCUT2D eigenvalue weighted by molar-refractivity contribution is 6.33. The van der Waals surface area contributed by atoms with Crippen molar-refractivity contribution in [1.82, 2.24) is 0 Å². The SMILES string of the molecule is CC1(C)c2ccccc2-c2ccc(N(c3ccccc3)c3ccc(-c4cc(-c5ccccc5)c(-c5ccccc5)c5c6ccccc6c6ccccc6c45)cc3)cc21. The number of hydrogen-bond acceptors (Lipinski definition) is 1. The molecule has 0 aliphatic heterocycles. The number of nitrogens with zero attached hydrogens (tertiary/aromatic N) is 1. The lowest BCUT2D eigenvalue weighted by Gasteiger charge is -2.28. The van der Waals surface area contributed by atoms with Crippen LogP contribution in [0, 0.1) is 0 Å². The van der Waals surface area contributed by atoms with E-state index in [0.29, 0.717) is 0 Å². The van der Waals surface area contributed by atoms with E-state index in [9.17, 15) is 0 Å². The zero-order chi connectivity index (χ0) is 38.8. The van der Waals surface area contributed by atoms with E-state index >= 15 is 0 Å². The molecule has 10 aromatic rings. The highest BCUT2D eigenvalue weighted by Crippen LogP contribution is 2.52. The maximum atomic E-state index is 2.45. The molecule has 1 heteroatoms. The van der Waals surface area contributed by atoms with Crippen LogP contribution in [0.25, 0.3) is 76.8 Å². The Morgan fingerprint density at radius 1 is 0.310 bits per heavy atom. The molecule has 0 heterocycles. The summed E-state index contributed by atoms with van der Waals surface area (Å²) in [5, 5.41) is 7.64. The smallest absolute Gasteiger partial charge is 0.0465 e. The third-order valence-corrected chi connectivity index (χ3v) is 12.4. The monoisotopic (exact) mass is 739 g/mol. The van der Waals surface area contributed by atoms with Crippen LogP contribution >= 0.6 is 0 Å². The molecule has 0 unspecified atom stereocenters. The van der Waals surface area contributed by atoms with Gasteiger partial charge in [0.15, 0.2) is 0 Å². The largest absolute Gasteiger partial charge is 0.310 e. The standard InChI is InChI=1S/C57H41N/c1-57(2)52-29-17-16-26-46(52)47-35-34-43(36-53(47)57)58(41-22-10-5-11-23-41)42-32-30-39(31-33-42)51-37-50(38-18-6-3-7-19-38)54(40-20-8-4-9-21-40)56-49-28-15-13-25-45(49)44-24-12-14-27-48(44)55(51)56/h3-37H,1-2H3. The maximum Gasteiger partial charge on any atom is 0.0465 e. The molecular weight excluding hydrogens is 699 g/mol. The molecule has 0 radical (unpaired) electrons. The minimum absolute atomic E-state index is 0.0927. The summed E-state index contributed by atoms with van der Waals surface area (Å²) in [7, 11) is 0.